The van der Waals surface area contributed by atoms with Crippen molar-refractivity contribution in [2.75, 3.05) is 0 Å². The van der Waals surface area contributed by atoms with E-state index in [9.17, 15) is 19.2 Å². The average molecular weight is 300 g/mol. The van der Waals surface area contributed by atoms with Gasteiger partial charge in [-0.15, -0.1) is 0 Å². The molecular formula is C16H16N2O4. The first-order valence-electron chi connectivity index (χ1n) is 7.30. The maximum atomic E-state index is 12.5. The summed E-state index contributed by atoms with van der Waals surface area (Å²) in [7, 11) is 0. The van der Waals surface area contributed by atoms with Crippen LogP contribution in [0.25, 0.3) is 0 Å². The van der Waals surface area contributed by atoms with Gasteiger partial charge in [-0.05, 0) is 30.0 Å². The lowest BCUT2D eigenvalue weighted by Crippen LogP contribution is -2.52. The summed E-state index contributed by atoms with van der Waals surface area (Å²) in [5.74, 6) is -0.869. The fourth-order valence-electron chi connectivity index (χ4n) is 3.01. The van der Waals surface area contributed by atoms with Crippen molar-refractivity contribution in [3.63, 3.8) is 0 Å². The summed E-state index contributed by atoms with van der Waals surface area (Å²) >= 11 is 0. The predicted molar refractivity (Wildman–Crippen MR) is 76.9 cm³/mol. The predicted octanol–water partition coefficient (Wildman–Crippen LogP) is 0.579. The van der Waals surface area contributed by atoms with E-state index in [0.717, 1.165) is 17.4 Å². The number of piperidine rings is 1. The van der Waals surface area contributed by atoms with E-state index < -0.39 is 11.9 Å². The molecule has 2 heterocycles. The minimum Gasteiger partial charge on any atom is -0.322 e. The van der Waals surface area contributed by atoms with Crippen molar-refractivity contribution in [2.45, 2.75) is 38.3 Å². The van der Waals surface area contributed by atoms with Crippen LogP contribution in [0.1, 0.15) is 40.7 Å². The lowest BCUT2D eigenvalue weighted by atomic mass is 10.0. The van der Waals surface area contributed by atoms with Gasteiger partial charge >= 0.3 is 0 Å². The molecule has 6 nitrogen and oxygen atoms in total. The second-order valence-corrected chi connectivity index (χ2v) is 5.60. The molecule has 22 heavy (non-hydrogen) atoms. The van der Waals surface area contributed by atoms with Crippen LogP contribution in [-0.4, -0.2) is 34.9 Å². The maximum absolute atomic E-state index is 12.5. The number of hydrogen-bond donors (Lipinski definition) is 1. The van der Waals surface area contributed by atoms with Crippen LogP contribution < -0.4 is 5.32 Å². The zero-order valence-corrected chi connectivity index (χ0v) is 12.0. The van der Waals surface area contributed by atoms with Crippen molar-refractivity contribution < 1.29 is 19.2 Å². The first-order valence-corrected chi connectivity index (χ1v) is 7.30. The molecule has 0 saturated carbocycles. The smallest absolute Gasteiger partial charge is 0.255 e. The van der Waals surface area contributed by atoms with Gasteiger partial charge in [0.2, 0.25) is 11.8 Å². The molecule has 1 aromatic carbocycles. The Balaban J connectivity index is 1.80. The minimum absolute atomic E-state index is 0.175. The largest absolute Gasteiger partial charge is 0.322 e. The Bertz CT molecular complexity index is 668. The van der Waals surface area contributed by atoms with Crippen LogP contribution in [0.4, 0.5) is 0 Å². The summed E-state index contributed by atoms with van der Waals surface area (Å²) in [4.78, 5) is 47.6. The molecule has 2 aliphatic heterocycles. The number of carbonyl (C=O) groups excluding carboxylic acids is 4. The number of benzene rings is 1. The van der Waals surface area contributed by atoms with Gasteiger partial charge in [0.05, 0.1) is 0 Å². The van der Waals surface area contributed by atoms with Gasteiger partial charge in [-0.3, -0.25) is 19.7 Å². The molecule has 0 aliphatic carbocycles. The third-order valence-corrected chi connectivity index (χ3v) is 4.14. The van der Waals surface area contributed by atoms with Gasteiger partial charge < -0.3 is 9.69 Å². The second kappa shape index (κ2) is 5.71. The third kappa shape index (κ3) is 2.52. The summed E-state index contributed by atoms with van der Waals surface area (Å²) in [5, 5.41) is 2.28. The SMILES string of the molecule is O=CCCc1ccc2c(c1)CN(C1CCC(=O)NC1=O)C2=O. The topological polar surface area (TPSA) is 83.6 Å². The molecule has 1 unspecified atom stereocenters. The van der Waals surface area contributed by atoms with E-state index in [4.69, 9.17) is 0 Å². The van der Waals surface area contributed by atoms with E-state index >= 15 is 0 Å². The van der Waals surface area contributed by atoms with Gasteiger partial charge in [-0.25, -0.2) is 0 Å². The van der Waals surface area contributed by atoms with Crippen LogP contribution in [-0.2, 0) is 27.3 Å². The molecule has 0 bridgehead atoms. The van der Waals surface area contributed by atoms with Gasteiger partial charge in [-0.2, -0.15) is 0 Å². The van der Waals surface area contributed by atoms with Crippen molar-refractivity contribution in [1.82, 2.24) is 10.2 Å². The zero-order valence-electron chi connectivity index (χ0n) is 12.0. The van der Waals surface area contributed by atoms with Crippen LogP contribution in [0.15, 0.2) is 18.2 Å². The Morgan fingerprint density at radius 1 is 1.27 bits per heavy atom. The number of imide groups is 1. The molecular weight excluding hydrogens is 284 g/mol. The van der Waals surface area contributed by atoms with Crippen molar-refractivity contribution in [2.24, 2.45) is 0 Å². The number of hydrogen-bond acceptors (Lipinski definition) is 4. The zero-order chi connectivity index (χ0) is 15.7. The van der Waals surface area contributed by atoms with Gasteiger partial charge in [0.1, 0.15) is 12.3 Å². The third-order valence-electron chi connectivity index (χ3n) is 4.14. The highest BCUT2D eigenvalue weighted by atomic mass is 16.2. The Labute approximate surface area is 127 Å². The van der Waals surface area contributed by atoms with E-state index in [0.29, 0.717) is 31.4 Å². The molecule has 0 radical (unpaired) electrons. The van der Waals surface area contributed by atoms with Crippen molar-refractivity contribution in [3.8, 4) is 0 Å². The Morgan fingerprint density at radius 3 is 2.82 bits per heavy atom. The molecule has 2 aliphatic rings. The van der Waals surface area contributed by atoms with Crippen LogP contribution in [0.2, 0.25) is 0 Å². The molecule has 1 aromatic rings. The molecule has 3 rings (SSSR count). The monoisotopic (exact) mass is 300 g/mol. The highest BCUT2D eigenvalue weighted by molar-refractivity contribution is 6.05. The number of nitrogens with zero attached hydrogens (tertiary/aromatic N) is 1. The molecule has 0 spiro atoms. The minimum atomic E-state index is -0.587. The quantitative estimate of drug-likeness (QED) is 0.651. The van der Waals surface area contributed by atoms with Crippen LogP contribution >= 0.6 is 0 Å². The van der Waals surface area contributed by atoms with E-state index in [1.54, 1.807) is 6.07 Å². The Morgan fingerprint density at radius 2 is 2.09 bits per heavy atom. The number of aryl methyl sites for hydroxylation is 1. The van der Waals surface area contributed by atoms with E-state index in [-0.39, 0.29) is 18.2 Å². The summed E-state index contributed by atoms with van der Waals surface area (Å²) < 4.78 is 0. The maximum Gasteiger partial charge on any atom is 0.255 e. The number of rotatable bonds is 4. The highest BCUT2D eigenvalue weighted by Crippen LogP contribution is 2.28. The first kappa shape index (κ1) is 14.4. The molecule has 3 amide bonds. The number of carbonyl (C=O) groups is 4. The average Bonchev–Trinajstić information content (AvgIpc) is 2.82. The number of fused-ring (bicyclic) bond motifs is 1. The molecule has 1 saturated heterocycles. The normalized spacial score (nSPS) is 20.8. The molecule has 1 fully saturated rings. The van der Waals surface area contributed by atoms with Crippen molar-refractivity contribution >= 4 is 24.0 Å². The lowest BCUT2D eigenvalue weighted by molar-refractivity contribution is -0.136. The van der Waals surface area contributed by atoms with Gasteiger partial charge in [0.25, 0.3) is 5.91 Å². The van der Waals surface area contributed by atoms with Gasteiger partial charge in [0.15, 0.2) is 0 Å². The molecule has 0 aromatic heterocycles. The van der Waals surface area contributed by atoms with Gasteiger partial charge in [-0.1, -0.05) is 12.1 Å². The van der Waals surface area contributed by atoms with E-state index in [1.807, 2.05) is 12.1 Å². The number of nitrogens with one attached hydrogen (secondary N) is 1. The van der Waals surface area contributed by atoms with Crippen LogP contribution in [0.3, 0.4) is 0 Å². The first-order chi connectivity index (χ1) is 10.6. The standard InChI is InChI=1S/C16H16N2O4/c19-7-1-2-10-3-4-12-11(8-10)9-18(16(12)22)13-5-6-14(20)17-15(13)21/h3-4,7-8,13H,1-2,5-6,9H2,(H,17,20,21). The molecule has 1 N–H and O–H groups in total. The van der Waals surface area contributed by atoms with Gasteiger partial charge in [0, 0.05) is 24.9 Å². The molecule has 1 atom stereocenters. The van der Waals surface area contributed by atoms with E-state index in [1.165, 1.54) is 4.90 Å². The van der Waals surface area contributed by atoms with Crippen LogP contribution in [0.5, 0.6) is 0 Å². The lowest BCUT2D eigenvalue weighted by Gasteiger charge is -2.29. The summed E-state index contributed by atoms with van der Waals surface area (Å²) in [6, 6.07) is 4.93. The highest BCUT2D eigenvalue weighted by Gasteiger charge is 2.38. The fourth-order valence-corrected chi connectivity index (χ4v) is 3.01. The Hall–Kier alpha value is -2.50. The van der Waals surface area contributed by atoms with Crippen molar-refractivity contribution in [3.05, 3.63) is 34.9 Å². The molecule has 114 valence electrons. The number of amides is 3. The summed E-state index contributed by atoms with van der Waals surface area (Å²) in [6.07, 6.45) is 2.57. The summed E-state index contributed by atoms with van der Waals surface area (Å²) in [6.45, 7) is 0.370. The fraction of sp³-hybridized carbons (Fsp3) is 0.375. The Kier molecular flexibility index (Phi) is 3.75. The van der Waals surface area contributed by atoms with Crippen molar-refractivity contribution in [1.29, 1.82) is 0 Å². The van der Waals surface area contributed by atoms with E-state index in [2.05, 4.69) is 5.32 Å². The second-order valence-electron chi connectivity index (χ2n) is 5.60. The molecule has 6 heteroatoms. The van der Waals surface area contributed by atoms with Crippen LogP contribution in [0, 0.1) is 0 Å². The number of aldehydes is 1. The summed E-state index contributed by atoms with van der Waals surface area (Å²) in [5.41, 5.74) is 2.47.